The third-order valence-electron chi connectivity index (χ3n) is 6.55. The second-order valence-electron chi connectivity index (χ2n) is 9.38. The molecule has 11 heteroatoms. The van der Waals surface area contributed by atoms with Crippen molar-refractivity contribution in [2.75, 3.05) is 26.7 Å². The Kier molecular flexibility index (Phi) is 11.6. The summed E-state index contributed by atoms with van der Waals surface area (Å²) in [5, 5.41) is 11.0. The lowest BCUT2D eigenvalue weighted by atomic mass is 9.98. The minimum atomic E-state index is -1.61. The van der Waals surface area contributed by atoms with Crippen LogP contribution in [0.5, 0.6) is 11.5 Å². The van der Waals surface area contributed by atoms with E-state index in [2.05, 4.69) is 0 Å². The molecule has 1 N–H and O–H groups in total. The molecule has 1 heterocycles. The summed E-state index contributed by atoms with van der Waals surface area (Å²) in [5.74, 6) is -0.514. The Morgan fingerprint density at radius 3 is 1.95 bits per heavy atom. The van der Waals surface area contributed by atoms with Crippen molar-refractivity contribution in [3.63, 3.8) is 0 Å². The zero-order valence-electron chi connectivity index (χ0n) is 23.2. The van der Waals surface area contributed by atoms with Gasteiger partial charge in [-0.2, -0.15) is 0 Å². The Balaban J connectivity index is 1.55. The molecule has 4 rings (SSSR count). The van der Waals surface area contributed by atoms with E-state index in [1.807, 2.05) is 12.1 Å². The van der Waals surface area contributed by atoms with Crippen LogP contribution in [0.1, 0.15) is 21.5 Å². The number of methoxy groups -OCH3 is 2. The number of aliphatic hydroxyl groups is 1. The number of carbonyl (C=O) groups is 2. The molecule has 0 spiro atoms. The summed E-state index contributed by atoms with van der Waals surface area (Å²) in [4.78, 5) is 25.4. The predicted molar refractivity (Wildman–Crippen MR) is 151 cm³/mol. The van der Waals surface area contributed by atoms with Gasteiger partial charge in [0.2, 0.25) is 0 Å². The van der Waals surface area contributed by atoms with Crippen molar-refractivity contribution in [2.45, 2.75) is 43.9 Å². The molecule has 3 aromatic rings. The molecule has 0 aliphatic carbocycles. The van der Waals surface area contributed by atoms with Gasteiger partial charge in [-0.25, -0.2) is 4.79 Å². The van der Waals surface area contributed by atoms with Crippen molar-refractivity contribution in [2.24, 2.45) is 0 Å². The second-order valence-corrected chi connectivity index (χ2v) is 9.64. The molecule has 0 unspecified atom stereocenters. The number of carbonyl (C=O) groups excluding carboxylic acids is 2. The average molecular weight is 601 g/mol. The average Bonchev–Trinajstić information content (AvgIpc) is 3.03. The third-order valence-corrected chi connectivity index (χ3v) is 6.77. The van der Waals surface area contributed by atoms with Gasteiger partial charge >= 0.3 is 11.9 Å². The van der Waals surface area contributed by atoms with Gasteiger partial charge in [-0.1, -0.05) is 42.5 Å². The Morgan fingerprint density at radius 2 is 1.38 bits per heavy atom. The number of hydrogen-bond acceptors (Lipinski definition) is 10. The minimum Gasteiger partial charge on any atom is -0.497 e. The molecule has 0 saturated carbocycles. The van der Waals surface area contributed by atoms with E-state index in [1.165, 1.54) is 0 Å². The summed E-state index contributed by atoms with van der Waals surface area (Å²) in [7, 11) is 3.14. The van der Waals surface area contributed by atoms with Crippen molar-refractivity contribution in [1.29, 1.82) is 0 Å². The van der Waals surface area contributed by atoms with Crippen LogP contribution >= 0.6 is 11.6 Å². The maximum absolute atomic E-state index is 13.0. The topological polar surface area (TPSA) is 119 Å². The van der Waals surface area contributed by atoms with Crippen molar-refractivity contribution in [1.82, 2.24) is 0 Å². The van der Waals surface area contributed by atoms with E-state index in [0.29, 0.717) is 11.5 Å². The van der Waals surface area contributed by atoms with E-state index in [1.54, 1.807) is 80.9 Å². The standard InChI is InChI=1S/C31H33ClO10/c1-36-23-12-8-20(9-13-23)17-38-19-25-27(41-26(33)16-32)28(39-18-21-10-14-24(37-2)15-11-21)29(31(35)40-25)42-30(34)22-6-4-3-5-7-22/h3-15,25,27-29,31,35H,16-19H2,1-2H3/t25-,27-,28+,29-,31+/m1/s1. The lowest BCUT2D eigenvalue weighted by Crippen LogP contribution is -2.62. The van der Waals surface area contributed by atoms with Crippen LogP contribution in [0.25, 0.3) is 0 Å². The Bertz CT molecular complexity index is 1270. The van der Waals surface area contributed by atoms with Crippen molar-refractivity contribution in [3.8, 4) is 11.5 Å². The number of benzene rings is 3. The quantitative estimate of drug-likeness (QED) is 0.228. The molecule has 1 saturated heterocycles. The van der Waals surface area contributed by atoms with E-state index < -0.39 is 48.5 Å². The number of ether oxygens (including phenoxy) is 7. The lowest BCUT2D eigenvalue weighted by molar-refractivity contribution is -0.299. The molecule has 5 atom stereocenters. The summed E-state index contributed by atoms with van der Waals surface area (Å²) < 4.78 is 39.6. The maximum Gasteiger partial charge on any atom is 0.338 e. The van der Waals surface area contributed by atoms with Crippen LogP contribution in [0.4, 0.5) is 0 Å². The minimum absolute atomic E-state index is 0.0368. The number of halogens is 1. The predicted octanol–water partition coefficient (Wildman–Crippen LogP) is 3.90. The highest BCUT2D eigenvalue weighted by Gasteiger charge is 2.50. The van der Waals surface area contributed by atoms with Gasteiger partial charge in [0.05, 0.1) is 39.6 Å². The summed E-state index contributed by atoms with van der Waals surface area (Å²) >= 11 is 5.76. The number of rotatable bonds is 13. The smallest absolute Gasteiger partial charge is 0.338 e. The Morgan fingerprint density at radius 1 is 0.786 bits per heavy atom. The van der Waals surface area contributed by atoms with Crippen LogP contribution in [0.15, 0.2) is 78.9 Å². The molecule has 0 radical (unpaired) electrons. The molecule has 0 bridgehead atoms. The van der Waals surface area contributed by atoms with E-state index in [0.717, 1.165) is 11.1 Å². The summed E-state index contributed by atoms with van der Waals surface area (Å²) in [6, 6.07) is 22.7. The van der Waals surface area contributed by atoms with Gasteiger partial charge in [-0.15, -0.1) is 11.6 Å². The van der Waals surface area contributed by atoms with Crippen LogP contribution < -0.4 is 9.47 Å². The molecule has 42 heavy (non-hydrogen) atoms. The first-order valence-corrected chi connectivity index (χ1v) is 13.8. The van der Waals surface area contributed by atoms with Crippen LogP contribution in [0.2, 0.25) is 0 Å². The van der Waals surface area contributed by atoms with Gasteiger partial charge in [-0.05, 0) is 47.5 Å². The van der Waals surface area contributed by atoms with Crippen molar-refractivity contribution < 1.29 is 47.9 Å². The largest absolute Gasteiger partial charge is 0.497 e. The zero-order chi connectivity index (χ0) is 29.9. The van der Waals surface area contributed by atoms with Crippen LogP contribution in [0, 0.1) is 0 Å². The number of alkyl halides is 1. The molecule has 0 amide bonds. The number of aliphatic hydroxyl groups excluding tert-OH is 1. The first-order chi connectivity index (χ1) is 20.4. The molecule has 1 fully saturated rings. The maximum atomic E-state index is 13.0. The van der Waals surface area contributed by atoms with Gasteiger partial charge in [0.1, 0.15) is 29.6 Å². The van der Waals surface area contributed by atoms with E-state index in [9.17, 15) is 14.7 Å². The molecule has 1 aliphatic rings. The normalized spacial score (nSPS) is 21.8. The van der Waals surface area contributed by atoms with Gasteiger partial charge in [0.15, 0.2) is 18.5 Å². The van der Waals surface area contributed by atoms with Crippen molar-refractivity contribution >= 4 is 23.5 Å². The highest BCUT2D eigenvalue weighted by atomic mass is 35.5. The third kappa shape index (κ3) is 8.43. The number of hydrogen-bond donors (Lipinski definition) is 1. The van der Waals surface area contributed by atoms with Crippen LogP contribution in [-0.4, -0.2) is 74.5 Å². The molecule has 10 nitrogen and oxygen atoms in total. The lowest BCUT2D eigenvalue weighted by Gasteiger charge is -2.43. The highest BCUT2D eigenvalue weighted by molar-refractivity contribution is 6.26. The molecular formula is C31H33ClO10. The molecule has 0 aromatic heterocycles. The highest BCUT2D eigenvalue weighted by Crippen LogP contribution is 2.30. The molecule has 224 valence electrons. The first-order valence-electron chi connectivity index (χ1n) is 13.2. The molecular weight excluding hydrogens is 568 g/mol. The monoisotopic (exact) mass is 600 g/mol. The van der Waals surface area contributed by atoms with E-state index >= 15 is 0 Å². The zero-order valence-corrected chi connectivity index (χ0v) is 24.0. The van der Waals surface area contributed by atoms with E-state index in [-0.39, 0.29) is 25.4 Å². The molecule has 3 aromatic carbocycles. The number of esters is 2. The fourth-order valence-electron chi connectivity index (χ4n) is 4.36. The molecule has 1 aliphatic heterocycles. The summed E-state index contributed by atoms with van der Waals surface area (Å²) in [6.07, 6.45) is -6.20. The van der Waals surface area contributed by atoms with E-state index in [4.69, 9.17) is 44.8 Å². The summed E-state index contributed by atoms with van der Waals surface area (Å²) in [6.45, 7) is 0.167. The van der Waals surface area contributed by atoms with Crippen LogP contribution in [0.3, 0.4) is 0 Å². The Labute approximate surface area is 248 Å². The van der Waals surface area contributed by atoms with Gasteiger partial charge < -0.3 is 38.3 Å². The van der Waals surface area contributed by atoms with Gasteiger partial charge in [0.25, 0.3) is 0 Å². The fraction of sp³-hybridized carbons (Fsp3) is 0.355. The van der Waals surface area contributed by atoms with Crippen molar-refractivity contribution in [3.05, 3.63) is 95.6 Å². The summed E-state index contributed by atoms with van der Waals surface area (Å²) in [5.41, 5.74) is 1.89. The second kappa shape index (κ2) is 15.5. The fourth-order valence-corrected chi connectivity index (χ4v) is 4.43. The van der Waals surface area contributed by atoms with Crippen LogP contribution in [-0.2, 0) is 41.7 Å². The van der Waals surface area contributed by atoms with Gasteiger partial charge in [-0.3, -0.25) is 4.79 Å². The first kappa shape index (κ1) is 31.3. The Hall–Kier alpha value is -3.67. The van der Waals surface area contributed by atoms with Gasteiger partial charge in [0, 0.05) is 0 Å². The SMILES string of the molecule is COc1ccc(COC[C@H]2O[C@H](O)[C@H](OC(=O)c3ccccc3)[C@@H](OCc3ccc(OC)cc3)[C@@H]2OC(=O)CCl)cc1.